The van der Waals surface area contributed by atoms with E-state index in [0.717, 1.165) is 9.75 Å². The fourth-order valence-corrected chi connectivity index (χ4v) is 3.70. The third kappa shape index (κ3) is 1.69. The lowest BCUT2D eigenvalue weighted by atomic mass is 10.1. The van der Waals surface area contributed by atoms with E-state index in [9.17, 15) is 4.39 Å². The molecule has 20 heavy (non-hydrogen) atoms. The normalized spacial score (nSPS) is 11.2. The number of aromatic nitrogens is 2. The molecule has 0 saturated heterocycles. The van der Waals surface area contributed by atoms with Crippen molar-refractivity contribution in [3.63, 3.8) is 0 Å². The van der Waals surface area contributed by atoms with Crippen LogP contribution in [0.15, 0.2) is 45.7 Å². The summed E-state index contributed by atoms with van der Waals surface area (Å²) in [7, 11) is 0. The van der Waals surface area contributed by atoms with Crippen molar-refractivity contribution in [1.82, 2.24) is 10.3 Å². The van der Waals surface area contributed by atoms with Gasteiger partial charge in [0.2, 0.25) is 0 Å². The zero-order valence-electron chi connectivity index (χ0n) is 10.0. The molecule has 4 aromatic rings. The van der Waals surface area contributed by atoms with Gasteiger partial charge in [-0.05, 0) is 39.3 Å². The van der Waals surface area contributed by atoms with Crippen LogP contribution in [0.2, 0.25) is 0 Å². The van der Waals surface area contributed by atoms with Crippen molar-refractivity contribution < 1.29 is 9.02 Å². The van der Waals surface area contributed by atoms with E-state index in [2.05, 4.69) is 10.3 Å². The first-order valence-corrected chi connectivity index (χ1v) is 7.63. The van der Waals surface area contributed by atoms with E-state index in [4.69, 9.17) is 4.63 Å². The Labute approximate surface area is 121 Å². The van der Waals surface area contributed by atoms with Gasteiger partial charge >= 0.3 is 0 Å². The molecule has 1 aromatic carbocycles. The Morgan fingerprint density at radius 1 is 0.950 bits per heavy atom. The third-order valence-electron chi connectivity index (χ3n) is 3.04. The van der Waals surface area contributed by atoms with Crippen molar-refractivity contribution in [1.29, 1.82) is 0 Å². The number of hydrogen-bond acceptors (Lipinski definition) is 5. The van der Waals surface area contributed by atoms with Gasteiger partial charge in [0, 0.05) is 15.3 Å². The minimum atomic E-state index is -0.306. The van der Waals surface area contributed by atoms with Gasteiger partial charge < -0.3 is 0 Å². The van der Waals surface area contributed by atoms with Crippen LogP contribution in [-0.2, 0) is 0 Å². The van der Waals surface area contributed by atoms with Gasteiger partial charge in [-0.2, -0.15) is 0 Å². The zero-order chi connectivity index (χ0) is 13.5. The van der Waals surface area contributed by atoms with Crippen molar-refractivity contribution in [2.45, 2.75) is 0 Å². The predicted octanol–water partition coefficient (Wildman–Crippen LogP) is 4.82. The largest absolute Gasteiger partial charge is 0.243 e. The monoisotopic (exact) mass is 302 g/mol. The van der Waals surface area contributed by atoms with E-state index >= 15 is 0 Å². The molecule has 0 radical (unpaired) electrons. The van der Waals surface area contributed by atoms with Crippen LogP contribution < -0.4 is 0 Å². The standard InChI is InChI=1S/C14H7FN2OS2/c15-9-7-8(10-3-1-5-19-10)13-14(17-18-16-13)12(9)11-4-2-6-20-11/h1-7H. The molecule has 0 fully saturated rings. The van der Waals surface area contributed by atoms with E-state index in [1.54, 1.807) is 0 Å². The van der Waals surface area contributed by atoms with Gasteiger partial charge in [0.15, 0.2) is 0 Å². The van der Waals surface area contributed by atoms with Crippen LogP contribution in [0.5, 0.6) is 0 Å². The summed E-state index contributed by atoms with van der Waals surface area (Å²) in [6.45, 7) is 0. The summed E-state index contributed by atoms with van der Waals surface area (Å²) in [6, 6.07) is 9.10. The molecule has 98 valence electrons. The topological polar surface area (TPSA) is 38.9 Å². The molecule has 0 aliphatic heterocycles. The van der Waals surface area contributed by atoms with E-state index < -0.39 is 0 Å². The Balaban J connectivity index is 2.08. The lowest BCUT2D eigenvalue weighted by molar-refractivity contribution is 0.315. The summed E-state index contributed by atoms with van der Waals surface area (Å²) in [4.78, 5) is 1.77. The van der Waals surface area contributed by atoms with E-state index in [1.807, 2.05) is 35.0 Å². The molecular formula is C14H7FN2OS2. The highest BCUT2D eigenvalue weighted by molar-refractivity contribution is 7.14. The fraction of sp³-hybridized carbons (Fsp3) is 0. The van der Waals surface area contributed by atoms with Crippen LogP contribution in [0.25, 0.3) is 31.9 Å². The molecule has 6 heteroatoms. The van der Waals surface area contributed by atoms with Gasteiger partial charge in [0.05, 0.1) is 5.56 Å². The van der Waals surface area contributed by atoms with Crippen LogP contribution >= 0.6 is 22.7 Å². The first kappa shape index (κ1) is 11.7. The Morgan fingerprint density at radius 2 is 1.65 bits per heavy atom. The molecule has 0 aliphatic rings. The van der Waals surface area contributed by atoms with Gasteiger partial charge in [-0.25, -0.2) is 9.02 Å². The van der Waals surface area contributed by atoms with E-state index in [-0.39, 0.29) is 5.82 Å². The van der Waals surface area contributed by atoms with Crippen LogP contribution in [0, 0.1) is 5.82 Å². The number of thiophene rings is 2. The maximum Gasteiger partial charge on any atom is 0.147 e. The summed E-state index contributed by atoms with van der Waals surface area (Å²) in [5, 5.41) is 11.7. The lowest BCUT2D eigenvalue weighted by Crippen LogP contribution is -1.88. The second-order valence-corrected chi connectivity index (χ2v) is 6.09. The van der Waals surface area contributed by atoms with Gasteiger partial charge in [-0.15, -0.1) is 22.7 Å². The Kier molecular flexibility index (Phi) is 2.64. The average molecular weight is 302 g/mol. The van der Waals surface area contributed by atoms with E-state index in [1.165, 1.54) is 28.7 Å². The lowest BCUT2D eigenvalue weighted by Gasteiger charge is -2.04. The van der Waals surface area contributed by atoms with Crippen LogP contribution in [-0.4, -0.2) is 10.3 Å². The minimum absolute atomic E-state index is 0.306. The quantitative estimate of drug-likeness (QED) is 0.533. The molecule has 4 rings (SSSR count). The van der Waals surface area contributed by atoms with Crippen molar-refractivity contribution in [3.05, 3.63) is 46.9 Å². The van der Waals surface area contributed by atoms with E-state index in [0.29, 0.717) is 22.2 Å². The number of nitrogens with zero attached hydrogens (tertiary/aromatic N) is 2. The zero-order valence-corrected chi connectivity index (χ0v) is 11.7. The summed E-state index contributed by atoms with van der Waals surface area (Å²) >= 11 is 3.00. The van der Waals surface area contributed by atoms with Crippen LogP contribution in [0.4, 0.5) is 4.39 Å². The molecular weight excluding hydrogens is 295 g/mol. The predicted molar refractivity (Wildman–Crippen MR) is 78.4 cm³/mol. The average Bonchev–Trinajstić information content (AvgIpc) is 3.20. The highest BCUT2D eigenvalue weighted by Crippen LogP contribution is 2.38. The molecule has 3 aromatic heterocycles. The highest BCUT2D eigenvalue weighted by atomic mass is 32.1. The molecule has 0 atom stereocenters. The van der Waals surface area contributed by atoms with Crippen LogP contribution in [0.3, 0.4) is 0 Å². The molecule has 0 saturated carbocycles. The van der Waals surface area contributed by atoms with Crippen molar-refractivity contribution in [2.24, 2.45) is 0 Å². The number of halogens is 1. The Morgan fingerprint density at radius 3 is 2.35 bits per heavy atom. The molecule has 0 spiro atoms. The van der Waals surface area contributed by atoms with Gasteiger partial charge in [-0.1, -0.05) is 12.1 Å². The second-order valence-electron chi connectivity index (χ2n) is 4.20. The Hall–Kier alpha value is -2.05. The first-order chi connectivity index (χ1) is 9.84. The molecule has 0 N–H and O–H groups in total. The van der Waals surface area contributed by atoms with Crippen molar-refractivity contribution in [2.75, 3.05) is 0 Å². The van der Waals surface area contributed by atoms with Gasteiger partial charge in [0.25, 0.3) is 0 Å². The highest BCUT2D eigenvalue weighted by Gasteiger charge is 2.20. The number of benzene rings is 1. The Bertz CT molecular complexity index is 866. The molecule has 3 nitrogen and oxygen atoms in total. The van der Waals surface area contributed by atoms with Gasteiger partial charge in [0.1, 0.15) is 16.9 Å². The number of hydrogen-bond donors (Lipinski definition) is 0. The summed E-state index contributed by atoms with van der Waals surface area (Å²) in [6.07, 6.45) is 0. The second kappa shape index (κ2) is 4.50. The number of rotatable bonds is 2. The maximum absolute atomic E-state index is 14.5. The molecule has 0 bridgehead atoms. The fourth-order valence-electron chi connectivity index (χ4n) is 2.18. The van der Waals surface area contributed by atoms with Crippen LogP contribution in [0.1, 0.15) is 0 Å². The minimum Gasteiger partial charge on any atom is -0.243 e. The number of fused-ring (bicyclic) bond motifs is 1. The summed E-state index contributed by atoms with van der Waals surface area (Å²) < 4.78 is 19.4. The maximum atomic E-state index is 14.5. The summed E-state index contributed by atoms with van der Waals surface area (Å²) in [5.41, 5.74) is 2.23. The molecule has 0 unspecified atom stereocenters. The SMILES string of the molecule is Fc1cc(-c2cccs2)c2nonc2c1-c1cccs1. The molecule has 0 aliphatic carbocycles. The van der Waals surface area contributed by atoms with Crippen molar-refractivity contribution in [3.8, 4) is 20.9 Å². The van der Waals surface area contributed by atoms with Crippen molar-refractivity contribution >= 4 is 33.7 Å². The summed E-state index contributed by atoms with van der Waals surface area (Å²) in [5.74, 6) is -0.306. The smallest absolute Gasteiger partial charge is 0.147 e. The molecule has 3 heterocycles. The van der Waals surface area contributed by atoms with Gasteiger partial charge in [-0.3, -0.25) is 0 Å². The first-order valence-electron chi connectivity index (χ1n) is 5.87. The molecule has 0 amide bonds. The third-order valence-corrected chi connectivity index (χ3v) is 4.84.